The second-order valence-corrected chi connectivity index (χ2v) is 7.13. The van der Waals surface area contributed by atoms with Crippen LogP contribution in [0.25, 0.3) is 0 Å². The van der Waals surface area contributed by atoms with Gasteiger partial charge in [0.15, 0.2) is 0 Å². The van der Waals surface area contributed by atoms with E-state index in [9.17, 15) is 8.42 Å². The molecule has 2 aromatic carbocycles. The zero-order valence-corrected chi connectivity index (χ0v) is 13.3. The van der Waals surface area contributed by atoms with Gasteiger partial charge in [-0.2, -0.15) is 0 Å². The van der Waals surface area contributed by atoms with Gasteiger partial charge in [0, 0.05) is 9.50 Å². The molecule has 0 aromatic heterocycles. The highest BCUT2D eigenvalue weighted by Crippen LogP contribution is 2.28. The molecule has 0 saturated heterocycles. The predicted molar refractivity (Wildman–Crippen MR) is 81.4 cm³/mol. The van der Waals surface area contributed by atoms with Crippen molar-refractivity contribution in [3.63, 3.8) is 0 Å². The molecular weight excluding hydrogens is 373 g/mol. The maximum atomic E-state index is 12.1. The van der Waals surface area contributed by atoms with E-state index in [1.54, 1.807) is 18.2 Å². The highest BCUT2D eigenvalue weighted by atomic mass is 79.9. The van der Waals surface area contributed by atoms with Gasteiger partial charge in [0.25, 0.3) is 10.0 Å². The molecule has 3 nitrogen and oxygen atoms in total. The third-order valence-electron chi connectivity index (χ3n) is 2.30. The van der Waals surface area contributed by atoms with Crippen molar-refractivity contribution in [2.24, 2.45) is 0 Å². The van der Waals surface area contributed by atoms with E-state index in [2.05, 4.69) is 20.7 Å². The molecule has 2 aromatic rings. The van der Waals surface area contributed by atoms with Crippen molar-refractivity contribution in [3.8, 4) is 0 Å². The quantitative estimate of drug-likeness (QED) is 0.848. The molecule has 1 N–H and O–H groups in total. The van der Waals surface area contributed by atoms with E-state index in [4.69, 9.17) is 23.2 Å². The number of hydrogen-bond acceptors (Lipinski definition) is 2. The largest absolute Gasteiger partial charge is 0.278 e. The summed E-state index contributed by atoms with van der Waals surface area (Å²) >= 11 is 15.0. The molecule has 2 rings (SSSR count). The fourth-order valence-corrected chi connectivity index (χ4v) is 3.12. The molecule has 0 radical (unpaired) electrons. The molecule has 7 heteroatoms. The van der Waals surface area contributed by atoms with Gasteiger partial charge in [-0.05, 0) is 42.5 Å². The van der Waals surface area contributed by atoms with Crippen LogP contribution in [-0.4, -0.2) is 8.42 Å². The predicted octanol–water partition coefficient (Wildman–Crippen LogP) is 4.56. The van der Waals surface area contributed by atoms with Gasteiger partial charge in [0.1, 0.15) is 0 Å². The second kappa shape index (κ2) is 5.71. The van der Waals surface area contributed by atoms with Crippen LogP contribution in [0.4, 0.5) is 5.69 Å². The molecule has 0 aliphatic carbocycles. The van der Waals surface area contributed by atoms with E-state index in [0.29, 0.717) is 5.02 Å². The van der Waals surface area contributed by atoms with Crippen LogP contribution >= 0.6 is 39.1 Å². The first-order valence-corrected chi connectivity index (χ1v) is 8.15. The van der Waals surface area contributed by atoms with E-state index < -0.39 is 10.0 Å². The number of anilines is 1. The number of halogens is 3. The summed E-state index contributed by atoms with van der Waals surface area (Å²) in [7, 11) is -3.68. The Morgan fingerprint density at radius 3 is 2.26 bits per heavy atom. The molecular formula is C12H8BrCl2NO2S. The van der Waals surface area contributed by atoms with Crippen LogP contribution in [0.5, 0.6) is 0 Å². The number of hydrogen-bond donors (Lipinski definition) is 1. The normalized spacial score (nSPS) is 11.3. The SMILES string of the molecule is O=S(=O)(Nc1cc(Cl)ccc1Cl)c1ccc(Br)cc1. The lowest BCUT2D eigenvalue weighted by Crippen LogP contribution is -2.13. The molecule has 0 bridgehead atoms. The third kappa shape index (κ3) is 3.63. The molecule has 0 atom stereocenters. The van der Waals surface area contributed by atoms with Gasteiger partial charge in [0.2, 0.25) is 0 Å². The molecule has 0 saturated carbocycles. The number of rotatable bonds is 3. The average molecular weight is 381 g/mol. The number of nitrogens with one attached hydrogen (secondary N) is 1. The van der Waals surface area contributed by atoms with Crippen LogP contribution in [0, 0.1) is 0 Å². The Labute approximate surface area is 129 Å². The molecule has 0 fully saturated rings. The van der Waals surface area contributed by atoms with Crippen molar-refractivity contribution >= 4 is 54.8 Å². The van der Waals surface area contributed by atoms with Crippen molar-refractivity contribution < 1.29 is 8.42 Å². The zero-order valence-electron chi connectivity index (χ0n) is 9.40. The topological polar surface area (TPSA) is 46.2 Å². The molecule has 0 heterocycles. The Morgan fingerprint density at radius 1 is 1.00 bits per heavy atom. The summed E-state index contributed by atoms with van der Waals surface area (Å²) in [6, 6.07) is 10.9. The van der Waals surface area contributed by atoms with Crippen LogP contribution in [0.2, 0.25) is 10.0 Å². The standard InChI is InChI=1S/C12H8BrCl2NO2S/c13-8-1-4-10(5-2-8)19(17,18)16-12-7-9(14)3-6-11(12)15/h1-7,16H. The van der Waals surface area contributed by atoms with E-state index in [1.807, 2.05) is 0 Å². The van der Waals surface area contributed by atoms with Gasteiger partial charge in [-0.1, -0.05) is 39.1 Å². The van der Waals surface area contributed by atoms with Crippen LogP contribution in [0.3, 0.4) is 0 Å². The highest BCUT2D eigenvalue weighted by Gasteiger charge is 2.15. The summed E-state index contributed by atoms with van der Waals surface area (Å²) in [5, 5.41) is 0.683. The summed E-state index contributed by atoms with van der Waals surface area (Å²) in [5.74, 6) is 0. The lowest BCUT2D eigenvalue weighted by molar-refractivity contribution is 0.601. The second-order valence-electron chi connectivity index (χ2n) is 3.68. The maximum Gasteiger partial charge on any atom is 0.261 e. The van der Waals surface area contributed by atoms with Crippen LogP contribution in [0.1, 0.15) is 0 Å². The first-order valence-electron chi connectivity index (χ1n) is 5.12. The van der Waals surface area contributed by atoms with Gasteiger partial charge < -0.3 is 0 Å². The van der Waals surface area contributed by atoms with Gasteiger partial charge >= 0.3 is 0 Å². The fourth-order valence-electron chi connectivity index (χ4n) is 1.39. The average Bonchev–Trinajstić information content (AvgIpc) is 2.34. The maximum absolute atomic E-state index is 12.1. The molecule has 100 valence electrons. The molecule has 0 spiro atoms. The van der Waals surface area contributed by atoms with Crippen molar-refractivity contribution in [1.29, 1.82) is 0 Å². The van der Waals surface area contributed by atoms with E-state index >= 15 is 0 Å². The summed E-state index contributed by atoms with van der Waals surface area (Å²) in [6.45, 7) is 0. The summed E-state index contributed by atoms with van der Waals surface area (Å²) in [4.78, 5) is 0.145. The summed E-state index contributed by atoms with van der Waals surface area (Å²) < 4.78 is 27.5. The minimum atomic E-state index is -3.68. The lowest BCUT2D eigenvalue weighted by atomic mass is 10.3. The molecule has 0 amide bonds. The Kier molecular flexibility index (Phi) is 4.40. The van der Waals surface area contributed by atoms with Crippen LogP contribution in [0.15, 0.2) is 51.8 Å². The van der Waals surface area contributed by atoms with Crippen molar-refractivity contribution in [3.05, 3.63) is 57.0 Å². The molecule has 19 heavy (non-hydrogen) atoms. The fraction of sp³-hybridized carbons (Fsp3) is 0. The Morgan fingerprint density at radius 2 is 1.63 bits per heavy atom. The molecule has 0 unspecified atom stereocenters. The van der Waals surface area contributed by atoms with Crippen LogP contribution in [-0.2, 0) is 10.0 Å². The Bertz CT molecular complexity index is 702. The minimum Gasteiger partial charge on any atom is -0.278 e. The van der Waals surface area contributed by atoms with Crippen molar-refractivity contribution in [1.82, 2.24) is 0 Å². The van der Waals surface area contributed by atoms with E-state index in [0.717, 1.165) is 4.47 Å². The first kappa shape index (κ1) is 14.7. The van der Waals surface area contributed by atoms with E-state index in [-0.39, 0.29) is 15.6 Å². The number of sulfonamides is 1. The first-order chi connectivity index (χ1) is 8.88. The summed E-state index contributed by atoms with van der Waals surface area (Å²) in [5.41, 5.74) is 0.247. The smallest absolute Gasteiger partial charge is 0.261 e. The minimum absolute atomic E-state index is 0.145. The molecule has 0 aliphatic rings. The Balaban J connectivity index is 2.36. The molecule has 0 aliphatic heterocycles. The van der Waals surface area contributed by atoms with Gasteiger partial charge in [0.05, 0.1) is 15.6 Å². The zero-order chi connectivity index (χ0) is 14.0. The third-order valence-corrected chi connectivity index (χ3v) is 4.77. The highest BCUT2D eigenvalue weighted by molar-refractivity contribution is 9.10. The van der Waals surface area contributed by atoms with E-state index in [1.165, 1.54) is 24.3 Å². The summed E-state index contributed by atoms with van der Waals surface area (Å²) in [6.07, 6.45) is 0. The lowest BCUT2D eigenvalue weighted by Gasteiger charge is -2.10. The monoisotopic (exact) mass is 379 g/mol. The van der Waals surface area contributed by atoms with Gasteiger partial charge in [-0.15, -0.1) is 0 Å². The number of benzene rings is 2. The van der Waals surface area contributed by atoms with Crippen molar-refractivity contribution in [2.75, 3.05) is 4.72 Å². The Hall–Kier alpha value is -0.750. The van der Waals surface area contributed by atoms with Gasteiger partial charge in [-0.25, -0.2) is 8.42 Å². The van der Waals surface area contributed by atoms with Crippen LogP contribution < -0.4 is 4.72 Å². The van der Waals surface area contributed by atoms with Gasteiger partial charge in [-0.3, -0.25) is 4.72 Å². The van der Waals surface area contributed by atoms with Crippen molar-refractivity contribution in [2.45, 2.75) is 4.90 Å².